The second-order valence-electron chi connectivity index (χ2n) is 7.90. The van der Waals surface area contributed by atoms with Crippen molar-refractivity contribution in [1.82, 2.24) is 25.1 Å². The van der Waals surface area contributed by atoms with Gasteiger partial charge >= 0.3 is 6.03 Å². The fourth-order valence-corrected chi connectivity index (χ4v) is 2.97. The van der Waals surface area contributed by atoms with Gasteiger partial charge in [0, 0.05) is 18.6 Å². The van der Waals surface area contributed by atoms with Crippen molar-refractivity contribution in [2.24, 2.45) is 5.92 Å². The zero-order valence-corrected chi connectivity index (χ0v) is 15.9. The minimum absolute atomic E-state index is 0.259. The minimum Gasteiger partial charge on any atom is -0.367 e. The van der Waals surface area contributed by atoms with Crippen LogP contribution in [0, 0.1) is 5.92 Å². The van der Waals surface area contributed by atoms with Gasteiger partial charge in [0.1, 0.15) is 12.0 Å². The van der Waals surface area contributed by atoms with Crippen LogP contribution in [0.3, 0.4) is 0 Å². The van der Waals surface area contributed by atoms with Crippen molar-refractivity contribution in [2.45, 2.75) is 46.1 Å². The molecule has 1 fully saturated rings. The van der Waals surface area contributed by atoms with E-state index < -0.39 is 0 Å². The summed E-state index contributed by atoms with van der Waals surface area (Å²) in [6.07, 6.45) is 9.05. The van der Waals surface area contributed by atoms with Gasteiger partial charge in [-0.15, -0.1) is 0 Å². The maximum atomic E-state index is 12.0. The molecule has 0 saturated carbocycles. The number of amides is 2. The van der Waals surface area contributed by atoms with Gasteiger partial charge in [-0.05, 0) is 39.5 Å². The van der Waals surface area contributed by atoms with Crippen molar-refractivity contribution in [1.29, 1.82) is 0 Å². The molecule has 26 heavy (non-hydrogen) atoms. The summed E-state index contributed by atoms with van der Waals surface area (Å²) in [7, 11) is 0. The van der Waals surface area contributed by atoms with Gasteiger partial charge in [-0.1, -0.05) is 6.92 Å². The fourth-order valence-electron chi connectivity index (χ4n) is 2.97. The molecular formula is C18H27N7O. The summed E-state index contributed by atoms with van der Waals surface area (Å²) in [4.78, 5) is 22.9. The van der Waals surface area contributed by atoms with Gasteiger partial charge in [0.05, 0.1) is 24.3 Å². The zero-order chi connectivity index (χ0) is 18.7. The summed E-state index contributed by atoms with van der Waals surface area (Å²) in [5, 5.41) is 10.0. The topological polar surface area (TPSA) is 88.0 Å². The molecule has 0 aliphatic carbocycles. The summed E-state index contributed by atoms with van der Waals surface area (Å²) in [6.45, 7) is 10.1. The third kappa shape index (κ3) is 4.50. The van der Waals surface area contributed by atoms with E-state index in [9.17, 15) is 4.79 Å². The molecule has 0 aromatic carbocycles. The molecule has 1 aliphatic rings. The lowest BCUT2D eigenvalue weighted by Crippen LogP contribution is -2.43. The monoisotopic (exact) mass is 357 g/mol. The first kappa shape index (κ1) is 18.2. The Morgan fingerprint density at radius 1 is 1.23 bits per heavy atom. The van der Waals surface area contributed by atoms with Gasteiger partial charge < -0.3 is 15.5 Å². The molecule has 0 unspecified atom stereocenters. The van der Waals surface area contributed by atoms with E-state index in [0.717, 1.165) is 43.4 Å². The average molecular weight is 357 g/mol. The molecule has 1 aliphatic heterocycles. The largest absolute Gasteiger partial charge is 0.367 e. The van der Waals surface area contributed by atoms with E-state index in [-0.39, 0.29) is 11.6 Å². The highest BCUT2D eigenvalue weighted by Gasteiger charge is 2.21. The molecule has 8 heteroatoms. The number of hydrogen-bond acceptors (Lipinski definition) is 5. The molecule has 3 rings (SSSR count). The Kier molecular flexibility index (Phi) is 5.11. The van der Waals surface area contributed by atoms with E-state index in [1.165, 1.54) is 6.33 Å². The highest BCUT2D eigenvalue weighted by molar-refractivity contribution is 5.89. The third-order valence-electron chi connectivity index (χ3n) is 4.34. The van der Waals surface area contributed by atoms with Crippen LogP contribution in [0.25, 0.3) is 5.82 Å². The predicted molar refractivity (Wildman–Crippen MR) is 102 cm³/mol. The molecular weight excluding hydrogens is 330 g/mol. The molecule has 1 saturated heterocycles. The molecule has 0 atom stereocenters. The van der Waals surface area contributed by atoms with Gasteiger partial charge in [0.15, 0.2) is 5.82 Å². The second kappa shape index (κ2) is 7.31. The van der Waals surface area contributed by atoms with Gasteiger partial charge in [0.2, 0.25) is 0 Å². The van der Waals surface area contributed by atoms with Gasteiger partial charge in [-0.2, -0.15) is 5.10 Å². The Morgan fingerprint density at radius 2 is 1.96 bits per heavy atom. The lowest BCUT2D eigenvalue weighted by atomic mass is 9.99. The van der Waals surface area contributed by atoms with E-state index in [4.69, 9.17) is 0 Å². The van der Waals surface area contributed by atoms with Crippen LogP contribution in [-0.4, -0.2) is 44.4 Å². The molecule has 0 spiro atoms. The molecule has 0 bridgehead atoms. The van der Waals surface area contributed by atoms with Crippen molar-refractivity contribution in [3.63, 3.8) is 0 Å². The maximum Gasteiger partial charge on any atom is 0.319 e. The van der Waals surface area contributed by atoms with Crippen molar-refractivity contribution >= 4 is 17.4 Å². The molecule has 2 N–H and O–H groups in total. The smallest absolute Gasteiger partial charge is 0.319 e. The molecule has 0 radical (unpaired) electrons. The summed E-state index contributed by atoms with van der Waals surface area (Å²) in [5.74, 6) is 1.47. The normalized spacial score (nSPS) is 15.8. The van der Waals surface area contributed by atoms with E-state index in [0.29, 0.717) is 5.69 Å². The summed E-state index contributed by atoms with van der Waals surface area (Å²) < 4.78 is 1.68. The van der Waals surface area contributed by atoms with Crippen molar-refractivity contribution in [3.05, 3.63) is 24.9 Å². The van der Waals surface area contributed by atoms with Gasteiger partial charge in [-0.3, -0.25) is 0 Å². The zero-order valence-electron chi connectivity index (χ0n) is 15.9. The molecule has 3 heterocycles. The first-order valence-electron chi connectivity index (χ1n) is 9.01. The van der Waals surface area contributed by atoms with Crippen LogP contribution >= 0.6 is 0 Å². The van der Waals surface area contributed by atoms with Crippen molar-refractivity contribution < 1.29 is 4.79 Å². The lowest BCUT2D eigenvalue weighted by molar-refractivity contribution is 0.244. The number of anilines is 2. The molecule has 2 amide bonds. The minimum atomic E-state index is -0.300. The molecule has 140 valence electrons. The number of rotatable bonds is 3. The van der Waals surface area contributed by atoms with Crippen LogP contribution in [0.5, 0.6) is 0 Å². The van der Waals surface area contributed by atoms with Crippen LogP contribution in [0.1, 0.15) is 40.5 Å². The number of nitrogens with one attached hydrogen (secondary N) is 2. The van der Waals surface area contributed by atoms with E-state index in [2.05, 4.69) is 37.5 Å². The number of nitrogens with zero attached hydrogens (tertiary/aromatic N) is 5. The van der Waals surface area contributed by atoms with Gasteiger partial charge in [-0.25, -0.2) is 19.4 Å². The van der Waals surface area contributed by atoms with Crippen LogP contribution in [0.2, 0.25) is 0 Å². The molecule has 8 nitrogen and oxygen atoms in total. The number of carbonyl (C=O) groups is 1. The molecule has 2 aromatic heterocycles. The summed E-state index contributed by atoms with van der Waals surface area (Å²) >= 11 is 0. The maximum absolute atomic E-state index is 12.0. The Bertz CT molecular complexity index is 757. The van der Waals surface area contributed by atoms with Crippen molar-refractivity contribution in [2.75, 3.05) is 23.3 Å². The van der Waals surface area contributed by atoms with Crippen molar-refractivity contribution in [3.8, 4) is 5.82 Å². The Labute approximate surface area is 154 Å². The number of aromatic nitrogens is 4. The Morgan fingerprint density at radius 3 is 2.65 bits per heavy atom. The van der Waals surface area contributed by atoms with Crippen LogP contribution in [0.4, 0.5) is 16.2 Å². The van der Waals surface area contributed by atoms with Crippen LogP contribution in [0.15, 0.2) is 24.9 Å². The van der Waals surface area contributed by atoms with E-state index in [1.807, 2.05) is 27.0 Å². The number of urea groups is 1. The summed E-state index contributed by atoms with van der Waals surface area (Å²) in [5.41, 5.74) is 1.28. The highest BCUT2D eigenvalue weighted by atomic mass is 16.2. The Hall–Kier alpha value is -2.64. The van der Waals surface area contributed by atoms with E-state index in [1.54, 1.807) is 17.1 Å². The molecule has 2 aromatic rings. The SMILES string of the molecule is CC1CCN(c2cncnc2-n2cc(NC(=O)NC(C)(C)C)cn2)CC1. The first-order valence-corrected chi connectivity index (χ1v) is 9.01. The number of hydrogen-bond donors (Lipinski definition) is 2. The standard InChI is InChI=1S/C18H27N7O/c1-13-5-7-24(8-6-13)15-10-19-12-20-16(15)25-11-14(9-21-25)22-17(26)23-18(2,3)4/h9-13H,5-8H2,1-4H3,(H2,22,23,26). The average Bonchev–Trinajstić information content (AvgIpc) is 3.02. The Balaban J connectivity index is 1.76. The third-order valence-corrected chi connectivity index (χ3v) is 4.34. The van der Waals surface area contributed by atoms with Gasteiger partial charge in [0.25, 0.3) is 0 Å². The lowest BCUT2D eigenvalue weighted by Gasteiger charge is -2.32. The number of carbonyl (C=O) groups excluding carboxylic acids is 1. The second-order valence-corrected chi connectivity index (χ2v) is 7.90. The van der Waals surface area contributed by atoms with E-state index >= 15 is 0 Å². The van der Waals surface area contributed by atoms with Crippen LogP contribution < -0.4 is 15.5 Å². The number of piperidine rings is 1. The highest BCUT2D eigenvalue weighted by Crippen LogP contribution is 2.26. The fraction of sp³-hybridized carbons (Fsp3) is 0.556. The quantitative estimate of drug-likeness (QED) is 0.882. The first-order chi connectivity index (χ1) is 12.3. The predicted octanol–water partition coefficient (Wildman–Crippen LogP) is 2.82. The summed E-state index contributed by atoms with van der Waals surface area (Å²) in [6, 6.07) is -0.259. The van der Waals surface area contributed by atoms with Crippen LogP contribution in [-0.2, 0) is 0 Å².